The van der Waals surface area contributed by atoms with E-state index in [2.05, 4.69) is 10.3 Å². The van der Waals surface area contributed by atoms with Crippen molar-refractivity contribution in [2.24, 2.45) is 5.92 Å². The van der Waals surface area contributed by atoms with Crippen LogP contribution in [0.15, 0.2) is 28.2 Å². The number of carbonyl (C=O) groups is 1. The van der Waals surface area contributed by atoms with Gasteiger partial charge in [0.2, 0.25) is 5.16 Å². The van der Waals surface area contributed by atoms with Crippen molar-refractivity contribution in [1.29, 1.82) is 0 Å². The van der Waals surface area contributed by atoms with Crippen LogP contribution in [0, 0.1) is 5.92 Å². The molecule has 0 spiro atoms. The number of benzene rings is 1. The number of alkyl halides is 3. The van der Waals surface area contributed by atoms with Crippen molar-refractivity contribution < 1.29 is 22.2 Å². The number of fused-ring (bicyclic) bond motifs is 1. The van der Waals surface area contributed by atoms with E-state index in [4.69, 9.17) is 11.6 Å². The maximum absolute atomic E-state index is 13.6. The highest BCUT2D eigenvalue weighted by Crippen LogP contribution is 2.37. The van der Waals surface area contributed by atoms with Crippen molar-refractivity contribution in [2.45, 2.75) is 62.6 Å². The number of nitrogens with zero attached hydrogens (tertiary/aromatic N) is 3. The van der Waals surface area contributed by atoms with Crippen molar-refractivity contribution in [3.63, 3.8) is 0 Å². The van der Waals surface area contributed by atoms with Gasteiger partial charge in [0.25, 0.3) is 11.5 Å². The average molecular weight is 545 g/mol. The van der Waals surface area contributed by atoms with Gasteiger partial charge >= 0.3 is 6.18 Å². The summed E-state index contributed by atoms with van der Waals surface area (Å²) in [6, 6.07) is 2.50. The summed E-state index contributed by atoms with van der Waals surface area (Å²) in [6.45, 7) is 2.52. The van der Waals surface area contributed by atoms with E-state index in [1.54, 1.807) is 11.5 Å². The lowest BCUT2D eigenvalue weighted by atomic mass is 9.98. The Bertz CT molecular complexity index is 1270. The largest absolute Gasteiger partial charge is 0.417 e. The molecule has 1 unspecified atom stereocenters. The standard InChI is InChI=1S/C24H28ClF3N4O3S/c1-13-8-17-20(12-31(13)21(33)15-5-7-19(25)18(10-15)24(26,27)28)30-23(36(3)35)32(22(17)34)16-6-4-14(9-16)11-29-2/h5,7,10,13-14,16,29H,4,6,8-9,11-12H2,1-3H3/t13-,14+,16+,36?/m1/s1. The lowest BCUT2D eigenvalue weighted by molar-refractivity contribution is -0.137. The van der Waals surface area contributed by atoms with Crippen LogP contribution in [0.1, 0.15) is 59.4 Å². The molecule has 4 atom stereocenters. The number of halogens is 4. The number of rotatable bonds is 5. The fourth-order valence-electron chi connectivity index (χ4n) is 5.25. The molecule has 12 heteroatoms. The van der Waals surface area contributed by atoms with E-state index in [0.29, 0.717) is 17.2 Å². The van der Waals surface area contributed by atoms with Crippen molar-refractivity contribution in [3.8, 4) is 0 Å². The van der Waals surface area contributed by atoms with E-state index in [0.717, 1.165) is 37.9 Å². The van der Waals surface area contributed by atoms with Crippen LogP contribution in [0.4, 0.5) is 13.2 Å². The number of carbonyl (C=O) groups excluding carboxylic acids is 1. The van der Waals surface area contributed by atoms with Crippen molar-refractivity contribution in [1.82, 2.24) is 19.8 Å². The third kappa shape index (κ3) is 5.10. The Morgan fingerprint density at radius 3 is 2.67 bits per heavy atom. The summed E-state index contributed by atoms with van der Waals surface area (Å²) in [6.07, 6.45) is -0.516. The first-order valence-corrected chi connectivity index (χ1v) is 13.7. The zero-order chi connectivity index (χ0) is 26.4. The molecule has 1 aliphatic carbocycles. The van der Waals surface area contributed by atoms with Crippen LogP contribution in [0.5, 0.6) is 0 Å². The quantitative estimate of drug-likeness (QED) is 0.579. The topological polar surface area (TPSA) is 84.3 Å². The van der Waals surface area contributed by atoms with Gasteiger partial charge in [-0.15, -0.1) is 0 Å². The molecule has 0 bridgehead atoms. The third-order valence-electron chi connectivity index (χ3n) is 7.02. The predicted molar refractivity (Wildman–Crippen MR) is 131 cm³/mol. The highest BCUT2D eigenvalue weighted by Gasteiger charge is 2.37. The second-order valence-electron chi connectivity index (χ2n) is 9.52. The molecule has 0 saturated heterocycles. The number of hydrogen-bond donors (Lipinski definition) is 1. The summed E-state index contributed by atoms with van der Waals surface area (Å²) < 4.78 is 54.1. The van der Waals surface area contributed by atoms with E-state index >= 15 is 0 Å². The highest BCUT2D eigenvalue weighted by atomic mass is 35.5. The number of hydrogen-bond acceptors (Lipinski definition) is 5. The average Bonchev–Trinajstić information content (AvgIpc) is 3.26. The molecule has 196 valence electrons. The molecule has 1 fully saturated rings. The van der Waals surface area contributed by atoms with Crippen LogP contribution in [0.3, 0.4) is 0 Å². The Hall–Kier alpha value is -2.24. The van der Waals surface area contributed by atoms with Crippen LogP contribution in [0.25, 0.3) is 0 Å². The molecule has 2 aliphatic rings. The van der Waals surface area contributed by atoms with Crippen LogP contribution in [-0.4, -0.2) is 50.5 Å². The predicted octanol–water partition coefficient (Wildman–Crippen LogP) is 3.80. The van der Waals surface area contributed by atoms with E-state index in [9.17, 15) is 27.0 Å². The summed E-state index contributed by atoms with van der Waals surface area (Å²) in [4.78, 5) is 32.8. The summed E-state index contributed by atoms with van der Waals surface area (Å²) in [5.41, 5.74) is -0.688. The maximum Gasteiger partial charge on any atom is 0.417 e. The van der Waals surface area contributed by atoms with E-state index < -0.39 is 39.5 Å². The third-order valence-corrected chi connectivity index (χ3v) is 8.15. The number of aromatic nitrogens is 2. The first-order chi connectivity index (χ1) is 16.9. The summed E-state index contributed by atoms with van der Waals surface area (Å²) in [5.74, 6) is -0.208. The summed E-state index contributed by atoms with van der Waals surface area (Å²) in [7, 11) is 0.335. The van der Waals surface area contributed by atoms with Crippen LogP contribution in [-0.2, 0) is 29.9 Å². The monoisotopic (exact) mass is 544 g/mol. The van der Waals surface area contributed by atoms with Gasteiger partial charge < -0.3 is 10.2 Å². The van der Waals surface area contributed by atoms with Gasteiger partial charge in [-0.25, -0.2) is 4.98 Å². The molecule has 2 aromatic rings. The number of nitrogens with one attached hydrogen (secondary N) is 1. The molecule has 2 heterocycles. The van der Waals surface area contributed by atoms with Gasteiger partial charge in [0.05, 0.1) is 33.6 Å². The van der Waals surface area contributed by atoms with Gasteiger partial charge in [-0.2, -0.15) is 13.2 Å². The Kier molecular flexibility index (Phi) is 7.64. The first kappa shape index (κ1) is 26.8. The van der Waals surface area contributed by atoms with E-state index in [1.165, 1.54) is 17.2 Å². The fourth-order valence-corrected chi connectivity index (χ4v) is 6.22. The molecule has 4 rings (SSSR count). The van der Waals surface area contributed by atoms with Gasteiger partial charge in [-0.05, 0) is 70.3 Å². The molecule has 1 amide bonds. The minimum Gasteiger partial charge on any atom is -0.330 e. The minimum atomic E-state index is -4.70. The minimum absolute atomic E-state index is 0.0629. The van der Waals surface area contributed by atoms with Crippen molar-refractivity contribution in [3.05, 3.63) is 56.0 Å². The second kappa shape index (κ2) is 10.3. The van der Waals surface area contributed by atoms with Gasteiger partial charge in [-0.1, -0.05) is 11.6 Å². The molecule has 1 N–H and O–H groups in total. The lowest BCUT2D eigenvalue weighted by Gasteiger charge is -2.35. The van der Waals surface area contributed by atoms with Crippen molar-refractivity contribution in [2.75, 3.05) is 19.8 Å². The molecular weight excluding hydrogens is 517 g/mol. The molecule has 7 nitrogen and oxygen atoms in total. The molecule has 36 heavy (non-hydrogen) atoms. The Balaban J connectivity index is 1.69. The smallest absolute Gasteiger partial charge is 0.330 e. The van der Waals surface area contributed by atoms with Crippen molar-refractivity contribution >= 4 is 28.3 Å². The van der Waals surface area contributed by atoms with Gasteiger partial charge in [0, 0.05) is 29.5 Å². The van der Waals surface area contributed by atoms with Gasteiger partial charge in [0.15, 0.2) is 0 Å². The van der Waals surface area contributed by atoms with Gasteiger partial charge in [0.1, 0.15) is 0 Å². The Morgan fingerprint density at radius 2 is 2.03 bits per heavy atom. The molecule has 1 aromatic heterocycles. The number of amides is 1. The lowest BCUT2D eigenvalue weighted by Crippen LogP contribution is -2.46. The van der Waals surface area contributed by atoms with E-state index in [-0.39, 0.29) is 35.3 Å². The van der Waals surface area contributed by atoms with Gasteiger partial charge in [-0.3, -0.25) is 18.4 Å². The van der Waals surface area contributed by atoms with Crippen LogP contribution >= 0.6 is 11.6 Å². The molecule has 1 aliphatic heterocycles. The molecule has 1 aromatic carbocycles. The fraction of sp³-hybridized carbons (Fsp3) is 0.542. The van der Waals surface area contributed by atoms with Crippen LogP contribution in [0.2, 0.25) is 5.02 Å². The normalized spacial score (nSPS) is 23.0. The van der Waals surface area contributed by atoms with E-state index in [1.807, 2.05) is 7.05 Å². The molecule has 0 radical (unpaired) electrons. The summed E-state index contributed by atoms with van der Waals surface area (Å²) >= 11 is 5.70. The molecule has 1 saturated carbocycles. The maximum atomic E-state index is 13.6. The first-order valence-electron chi connectivity index (χ1n) is 11.7. The zero-order valence-corrected chi connectivity index (χ0v) is 21.8. The Labute approximate surface area is 214 Å². The Morgan fingerprint density at radius 1 is 1.31 bits per heavy atom. The zero-order valence-electron chi connectivity index (χ0n) is 20.2. The highest BCUT2D eigenvalue weighted by molar-refractivity contribution is 7.84. The molecular formula is C24H28ClF3N4O3S. The second-order valence-corrected chi connectivity index (χ2v) is 11.2. The van der Waals surface area contributed by atoms with Crippen LogP contribution < -0.4 is 10.9 Å². The SMILES string of the molecule is CNC[C@H]1CC[C@H](n2c(S(C)=O)nc3c(c2=O)C[C@@H](C)N(C(=O)c2ccc(Cl)c(C(F)(F)F)c2)C3)C1. The summed E-state index contributed by atoms with van der Waals surface area (Å²) in [5, 5.41) is 2.84.